The Morgan fingerprint density at radius 1 is 1.30 bits per heavy atom. The van der Waals surface area contributed by atoms with Crippen molar-refractivity contribution in [2.75, 3.05) is 19.6 Å². The summed E-state index contributed by atoms with van der Waals surface area (Å²) in [5.41, 5.74) is 1.28. The fourth-order valence-corrected chi connectivity index (χ4v) is 2.81. The molecule has 0 unspecified atom stereocenters. The van der Waals surface area contributed by atoms with Crippen LogP contribution in [0.2, 0.25) is 0 Å². The van der Waals surface area contributed by atoms with Crippen molar-refractivity contribution < 1.29 is 4.79 Å². The van der Waals surface area contributed by atoms with Gasteiger partial charge in [-0.05, 0) is 31.0 Å². The third kappa shape index (κ3) is 3.60. The van der Waals surface area contributed by atoms with Gasteiger partial charge in [0, 0.05) is 12.5 Å². The molecule has 0 aromatic heterocycles. The van der Waals surface area contributed by atoms with Crippen molar-refractivity contribution in [3.05, 3.63) is 35.9 Å². The molecule has 0 aliphatic heterocycles. The fourth-order valence-electron chi connectivity index (χ4n) is 2.81. The maximum atomic E-state index is 12.0. The van der Waals surface area contributed by atoms with Crippen LogP contribution in [0.3, 0.4) is 0 Å². The molecule has 0 radical (unpaired) electrons. The number of rotatable bonds is 7. The predicted octanol–water partition coefficient (Wildman–Crippen LogP) is 2.84. The summed E-state index contributed by atoms with van der Waals surface area (Å²) in [6.45, 7) is 9.17. The molecule has 2 rings (SSSR count). The Morgan fingerprint density at radius 3 is 2.40 bits per heavy atom. The van der Waals surface area contributed by atoms with Gasteiger partial charge in [0.2, 0.25) is 5.91 Å². The molecule has 1 aliphatic rings. The number of carbonyl (C=O) groups is 1. The van der Waals surface area contributed by atoms with Gasteiger partial charge in [0.1, 0.15) is 0 Å². The van der Waals surface area contributed by atoms with Gasteiger partial charge in [-0.2, -0.15) is 0 Å². The third-order valence-corrected chi connectivity index (χ3v) is 4.35. The maximum absolute atomic E-state index is 12.0. The zero-order valence-electron chi connectivity index (χ0n) is 12.8. The monoisotopic (exact) mass is 274 g/mol. The number of likely N-dealkylation sites (N-methyl/N-ethyl adjacent to an activating group) is 1. The topological polar surface area (TPSA) is 32.3 Å². The van der Waals surface area contributed by atoms with E-state index in [1.165, 1.54) is 5.56 Å². The van der Waals surface area contributed by atoms with Crippen LogP contribution in [0.5, 0.6) is 0 Å². The molecule has 1 amide bonds. The zero-order valence-corrected chi connectivity index (χ0v) is 12.8. The van der Waals surface area contributed by atoms with Crippen LogP contribution < -0.4 is 5.32 Å². The average Bonchev–Trinajstić information content (AvgIpc) is 3.21. The summed E-state index contributed by atoms with van der Waals surface area (Å²) in [7, 11) is 0. The Labute approximate surface area is 122 Å². The van der Waals surface area contributed by atoms with Crippen molar-refractivity contribution in [1.82, 2.24) is 10.2 Å². The number of carbonyl (C=O) groups excluding carboxylic acids is 1. The van der Waals surface area contributed by atoms with Crippen LogP contribution in [0.25, 0.3) is 0 Å². The Bertz CT molecular complexity index is 428. The lowest BCUT2D eigenvalue weighted by atomic mass is 10.0. The van der Waals surface area contributed by atoms with Gasteiger partial charge in [-0.15, -0.1) is 0 Å². The average molecular weight is 274 g/mol. The van der Waals surface area contributed by atoms with Crippen molar-refractivity contribution >= 4 is 5.91 Å². The van der Waals surface area contributed by atoms with Crippen LogP contribution in [0.15, 0.2) is 30.3 Å². The SMILES string of the molecule is CCN(CC)[C@@H](CNC(=O)[C@H]1C[C@@H]1C)c1ccccc1. The molecule has 0 bridgehead atoms. The van der Waals surface area contributed by atoms with Gasteiger partial charge in [0.15, 0.2) is 0 Å². The third-order valence-electron chi connectivity index (χ3n) is 4.35. The molecular formula is C17H26N2O. The van der Waals surface area contributed by atoms with E-state index in [0.29, 0.717) is 12.5 Å². The number of hydrogen-bond donors (Lipinski definition) is 1. The van der Waals surface area contributed by atoms with E-state index in [-0.39, 0.29) is 17.9 Å². The number of amides is 1. The lowest BCUT2D eigenvalue weighted by molar-refractivity contribution is -0.122. The molecule has 20 heavy (non-hydrogen) atoms. The molecule has 1 saturated carbocycles. The zero-order chi connectivity index (χ0) is 14.5. The second kappa shape index (κ2) is 6.89. The quantitative estimate of drug-likeness (QED) is 0.829. The van der Waals surface area contributed by atoms with Gasteiger partial charge in [-0.25, -0.2) is 0 Å². The lowest BCUT2D eigenvalue weighted by Crippen LogP contribution is -2.38. The summed E-state index contributed by atoms with van der Waals surface area (Å²) in [5, 5.41) is 3.14. The Hall–Kier alpha value is -1.35. The highest BCUT2D eigenvalue weighted by Crippen LogP contribution is 2.37. The first kappa shape index (κ1) is 15.0. The summed E-state index contributed by atoms with van der Waals surface area (Å²) in [6, 6.07) is 10.7. The van der Waals surface area contributed by atoms with Crippen LogP contribution in [0, 0.1) is 11.8 Å². The van der Waals surface area contributed by atoms with Crippen LogP contribution >= 0.6 is 0 Å². The highest BCUT2D eigenvalue weighted by molar-refractivity contribution is 5.81. The van der Waals surface area contributed by atoms with E-state index in [4.69, 9.17) is 0 Å². The second-order valence-corrected chi connectivity index (χ2v) is 5.71. The Morgan fingerprint density at radius 2 is 1.90 bits per heavy atom. The van der Waals surface area contributed by atoms with Crippen LogP contribution in [-0.4, -0.2) is 30.4 Å². The van der Waals surface area contributed by atoms with Crippen LogP contribution in [0.1, 0.15) is 38.8 Å². The number of nitrogens with one attached hydrogen (secondary N) is 1. The van der Waals surface area contributed by atoms with Gasteiger partial charge in [-0.3, -0.25) is 9.69 Å². The fraction of sp³-hybridized carbons (Fsp3) is 0.588. The highest BCUT2D eigenvalue weighted by atomic mass is 16.2. The number of hydrogen-bond acceptors (Lipinski definition) is 2. The summed E-state index contributed by atoms with van der Waals surface area (Å²) in [4.78, 5) is 14.4. The molecule has 3 nitrogen and oxygen atoms in total. The Balaban J connectivity index is 2.01. The van der Waals surface area contributed by atoms with Crippen molar-refractivity contribution in [1.29, 1.82) is 0 Å². The van der Waals surface area contributed by atoms with Crippen molar-refractivity contribution in [3.63, 3.8) is 0 Å². The molecule has 1 fully saturated rings. The molecule has 3 atom stereocenters. The van der Waals surface area contributed by atoms with Crippen molar-refractivity contribution in [3.8, 4) is 0 Å². The smallest absolute Gasteiger partial charge is 0.223 e. The molecule has 3 heteroatoms. The maximum Gasteiger partial charge on any atom is 0.223 e. The summed E-state index contributed by atoms with van der Waals surface area (Å²) < 4.78 is 0. The van der Waals surface area contributed by atoms with Gasteiger partial charge < -0.3 is 5.32 Å². The van der Waals surface area contributed by atoms with E-state index >= 15 is 0 Å². The summed E-state index contributed by atoms with van der Waals surface area (Å²) in [5.74, 6) is 1.05. The lowest BCUT2D eigenvalue weighted by Gasteiger charge is -2.30. The molecule has 0 saturated heterocycles. The van der Waals surface area contributed by atoms with E-state index in [2.05, 4.69) is 55.3 Å². The van der Waals surface area contributed by atoms with E-state index in [1.54, 1.807) is 0 Å². The standard InChI is InChI=1S/C17H26N2O/c1-4-19(5-2)16(14-9-7-6-8-10-14)12-18-17(20)15-11-13(15)3/h6-10,13,15-16H,4-5,11-12H2,1-3H3,(H,18,20)/t13-,15-,16-/m0/s1. The van der Waals surface area contributed by atoms with E-state index in [1.807, 2.05) is 6.07 Å². The first-order valence-electron chi connectivity index (χ1n) is 7.74. The second-order valence-electron chi connectivity index (χ2n) is 5.71. The molecule has 0 heterocycles. The summed E-state index contributed by atoms with van der Waals surface area (Å²) in [6.07, 6.45) is 1.05. The summed E-state index contributed by atoms with van der Waals surface area (Å²) >= 11 is 0. The van der Waals surface area contributed by atoms with Crippen molar-refractivity contribution in [2.45, 2.75) is 33.2 Å². The molecular weight excluding hydrogens is 248 g/mol. The number of nitrogens with zero attached hydrogens (tertiary/aromatic N) is 1. The molecule has 0 spiro atoms. The normalized spacial score (nSPS) is 22.6. The van der Waals surface area contributed by atoms with Crippen LogP contribution in [-0.2, 0) is 4.79 Å². The first-order valence-corrected chi connectivity index (χ1v) is 7.74. The van der Waals surface area contributed by atoms with E-state index in [9.17, 15) is 4.79 Å². The van der Waals surface area contributed by atoms with Gasteiger partial charge in [-0.1, -0.05) is 51.1 Å². The van der Waals surface area contributed by atoms with Gasteiger partial charge >= 0.3 is 0 Å². The Kier molecular flexibility index (Phi) is 5.18. The highest BCUT2D eigenvalue weighted by Gasteiger charge is 2.39. The number of benzene rings is 1. The molecule has 110 valence electrons. The van der Waals surface area contributed by atoms with E-state index in [0.717, 1.165) is 19.5 Å². The predicted molar refractivity (Wildman–Crippen MR) is 82.4 cm³/mol. The minimum atomic E-state index is 0.227. The van der Waals surface area contributed by atoms with Crippen molar-refractivity contribution in [2.24, 2.45) is 11.8 Å². The minimum Gasteiger partial charge on any atom is -0.354 e. The molecule has 1 aromatic carbocycles. The first-order chi connectivity index (χ1) is 9.67. The van der Waals surface area contributed by atoms with Gasteiger partial charge in [0.05, 0.1) is 6.04 Å². The van der Waals surface area contributed by atoms with Crippen LogP contribution in [0.4, 0.5) is 0 Å². The molecule has 1 N–H and O–H groups in total. The van der Waals surface area contributed by atoms with E-state index < -0.39 is 0 Å². The van der Waals surface area contributed by atoms with Gasteiger partial charge in [0.25, 0.3) is 0 Å². The molecule has 1 aliphatic carbocycles. The minimum absolute atomic E-state index is 0.227. The largest absolute Gasteiger partial charge is 0.354 e. The molecule has 1 aromatic rings.